The third-order valence-electron chi connectivity index (χ3n) is 6.93. The van der Waals surface area contributed by atoms with Gasteiger partial charge in [0.25, 0.3) is 0 Å². The van der Waals surface area contributed by atoms with Crippen LogP contribution < -0.4 is 10.2 Å². The molecule has 4 atom stereocenters. The summed E-state index contributed by atoms with van der Waals surface area (Å²) < 4.78 is 4.91. The van der Waals surface area contributed by atoms with Gasteiger partial charge in [0.15, 0.2) is 0 Å². The van der Waals surface area contributed by atoms with Gasteiger partial charge in [0.2, 0.25) is 17.7 Å². The molecule has 9 heteroatoms. The average Bonchev–Trinajstić information content (AvgIpc) is 3.25. The zero-order valence-corrected chi connectivity index (χ0v) is 18.6. The molecule has 2 aromatic carbocycles. The number of nitrogens with zero attached hydrogens (tertiary/aromatic N) is 2. The summed E-state index contributed by atoms with van der Waals surface area (Å²) >= 11 is 6.13. The molecule has 0 saturated carbocycles. The molecule has 0 spiro atoms. The minimum Gasteiger partial charge on any atom is -0.469 e. The summed E-state index contributed by atoms with van der Waals surface area (Å²) in [5.74, 6) is -3.88. The van der Waals surface area contributed by atoms with Gasteiger partial charge in [0.1, 0.15) is 5.54 Å². The average molecular weight is 468 g/mol. The molecule has 3 saturated heterocycles. The van der Waals surface area contributed by atoms with Gasteiger partial charge < -0.3 is 10.1 Å². The van der Waals surface area contributed by atoms with Crippen molar-refractivity contribution in [3.05, 3.63) is 65.2 Å². The van der Waals surface area contributed by atoms with Gasteiger partial charge in [-0.15, -0.1) is 0 Å². The Morgan fingerprint density at radius 2 is 1.88 bits per heavy atom. The second kappa shape index (κ2) is 7.97. The van der Waals surface area contributed by atoms with Crippen molar-refractivity contribution in [2.75, 3.05) is 25.1 Å². The highest BCUT2D eigenvalue weighted by Crippen LogP contribution is 2.57. The van der Waals surface area contributed by atoms with E-state index in [1.807, 2.05) is 35.2 Å². The molecule has 8 nitrogen and oxygen atoms in total. The van der Waals surface area contributed by atoms with Crippen LogP contribution in [0.25, 0.3) is 0 Å². The molecular formula is C24H22ClN3O5. The lowest BCUT2D eigenvalue weighted by atomic mass is 9.76. The van der Waals surface area contributed by atoms with Crippen molar-refractivity contribution in [3.63, 3.8) is 0 Å². The quantitative estimate of drug-likeness (QED) is 0.545. The Hall–Kier alpha value is -3.23. The van der Waals surface area contributed by atoms with E-state index in [4.69, 9.17) is 16.3 Å². The molecular weight excluding hydrogens is 446 g/mol. The van der Waals surface area contributed by atoms with Crippen molar-refractivity contribution in [1.82, 2.24) is 10.2 Å². The first kappa shape index (κ1) is 21.6. The number of benzene rings is 2. The molecule has 0 radical (unpaired) electrons. The molecule has 1 N–H and O–H groups in total. The maximum atomic E-state index is 13.9. The highest BCUT2D eigenvalue weighted by molar-refractivity contribution is 6.31. The van der Waals surface area contributed by atoms with E-state index >= 15 is 0 Å². The van der Waals surface area contributed by atoms with Crippen molar-refractivity contribution in [2.45, 2.75) is 18.0 Å². The van der Waals surface area contributed by atoms with Crippen molar-refractivity contribution in [3.8, 4) is 0 Å². The zero-order valence-electron chi connectivity index (χ0n) is 17.9. The Bertz CT molecular complexity index is 1160. The maximum absolute atomic E-state index is 13.9. The lowest BCUT2D eigenvalue weighted by molar-refractivity contribution is -0.154. The van der Waals surface area contributed by atoms with Crippen molar-refractivity contribution >= 4 is 41.0 Å². The second-order valence-corrected chi connectivity index (χ2v) is 8.91. The summed E-state index contributed by atoms with van der Waals surface area (Å²) in [4.78, 5) is 56.6. The predicted molar refractivity (Wildman–Crippen MR) is 119 cm³/mol. The first-order chi connectivity index (χ1) is 15.9. The van der Waals surface area contributed by atoms with Crippen LogP contribution in [-0.4, -0.2) is 54.3 Å². The first-order valence-electron chi connectivity index (χ1n) is 10.7. The topological polar surface area (TPSA) is 96.0 Å². The highest BCUT2D eigenvalue weighted by Gasteiger charge is 2.73. The van der Waals surface area contributed by atoms with Crippen LogP contribution in [0, 0.1) is 11.8 Å². The third-order valence-corrected chi connectivity index (χ3v) is 7.17. The number of esters is 1. The van der Waals surface area contributed by atoms with Gasteiger partial charge in [-0.1, -0.05) is 48.0 Å². The number of methoxy groups -OCH3 is 1. The molecule has 5 rings (SSSR count). The fraction of sp³-hybridized carbons (Fsp3) is 0.333. The summed E-state index contributed by atoms with van der Waals surface area (Å²) in [5, 5.41) is 3.20. The Labute approximate surface area is 195 Å². The molecule has 3 aliphatic rings. The summed E-state index contributed by atoms with van der Waals surface area (Å²) in [7, 11) is 1.24. The van der Waals surface area contributed by atoms with Crippen LogP contribution in [0.1, 0.15) is 18.0 Å². The first-order valence-corrected chi connectivity index (χ1v) is 11.1. The number of hydrogen-bond donors (Lipinski definition) is 1. The summed E-state index contributed by atoms with van der Waals surface area (Å²) in [5.41, 5.74) is -0.380. The molecule has 170 valence electrons. The van der Waals surface area contributed by atoms with E-state index in [9.17, 15) is 19.2 Å². The van der Waals surface area contributed by atoms with Gasteiger partial charge in [-0.2, -0.15) is 0 Å². The molecule has 3 fully saturated rings. The number of carbonyl (C=O) groups is 4. The van der Waals surface area contributed by atoms with E-state index in [1.54, 1.807) is 24.3 Å². The van der Waals surface area contributed by atoms with E-state index in [1.165, 1.54) is 7.11 Å². The minimum atomic E-state index is -1.53. The van der Waals surface area contributed by atoms with Crippen LogP contribution in [0.5, 0.6) is 0 Å². The number of hydrogen-bond acceptors (Lipinski definition) is 6. The molecule has 2 aromatic rings. The number of anilines is 1. The Balaban J connectivity index is 1.71. The highest BCUT2D eigenvalue weighted by atomic mass is 35.5. The van der Waals surface area contributed by atoms with Gasteiger partial charge in [0, 0.05) is 24.2 Å². The maximum Gasteiger partial charge on any atom is 0.307 e. The van der Waals surface area contributed by atoms with Crippen LogP contribution in [0.4, 0.5) is 5.69 Å². The van der Waals surface area contributed by atoms with E-state index in [0.29, 0.717) is 23.8 Å². The molecule has 3 aliphatic heterocycles. The smallest absolute Gasteiger partial charge is 0.307 e. The molecule has 0 aromatic heterocycles. The number of nitrogens with one attached hydrogen (secondary N) is 1. The van der Waals surface area contributed by atoms with Crippen LogP contribution in [0.15, 0.2) is 54.6 Å². The molecule has 3 amide bonds. The monoisotopic (exact) mass is 467 g/mol. The fourth-order valence-corrected chi connectivity index (χ4v) is 5.86. The normalized spacial score (nSPS) is 29.0. The molecule has 0 aliphatic carbocycles. The molecule has 0 bridgehead atoms. The van der Waals surface area contributed by atoms with Gasteiger partial charge in [-0.3, -0.25) is 24.1 Å². The summed E-state index contributed by atoms with van der Waals surface area (Å²) in [6, 6.07) is 15.3. The second-order valence-electron chi connectivity index (χ2n) is 8.48. The zero-order chi connectivity index (χ0) is 23.3. The number of carbonyl (C=O) groups excluding carboxylic acids is 4. The van der Waals surface area contributed by atoms with E-state index in [0.717, 1.165) is 10.5 Å². The largest absolute Gasteiger partial charge is 0.469 e. The number of amides is 3. The fourth-order valence-electron chi connectivity index (χ4n) is 5.68. The van der Waals surface area contributed by atoms with Crippen molar-refractivity contribution in [2.24, 2.45) is 11.8 Å². The minimum absolute atomic E-state index is 0.331. The number of rotatable bonds is 4. The molecule has 33 heavy (non-hydrogen) atoms. The van der Waals surface area contributed by atoms with Crippen molar-refractivity contribution < 1.29 is 23.9 Å². The van der Waals surface area contributed by atoms with Crippen LogP contribution in [0.2, 0.25) is 5.02 Å². The molecule has 0 unspecified atom stereocenters. The Kier molecular flexibility index (Phi) is 5.22. The number of imide groups is 1. The molecule has 3 heterocycles. The van der Waals surface area contributed by atoms with Gasteiger partial charge in [0.05, 0.1) is 31.1 Å². The summed E-state index contributed by atoms with van der Waals surface area (Å²) in [6.07, 6.45) is -0.331. The van der Waals surface area contributed by atoms with Gasteiger partial charge >= 0.3 is 5.97 Å². The van der Waals surface area contributed by atoms with Gasteiger partial charge in [-0.05, 0) is 23.8 Å². The number of halogens is 1. The van der Waals surface area contributed by atoms with E-state index < -0.39 is 47.1 Å². The predicted octanol–water partition coefficient (Wildman–Crippen LogP) is 1.93. The Morgan fingerprint density at radius 3 is 2.58 bits per heavy atom. The number of ether oxygens (including phenoxy) is 1. The van der Waals surface area contributed by atoms with Gasteiger partial charge in [-0.25, -0.2) is 4.90 Å². The van der Waals surface area contributed by atoms with Crippen molar-refractivity contribution in [1.29, 1.82) is 0 Å². The lowest BCUT2D eigenvalue weighted by Crippen LogP contribution is -2.67. The number of piperazine rings is 1. The van der Waals surface area contributed by atoms with Crippen LogP contribution in [0.3, 0.4) is 0 Å². The number of fused-ring (bicyclic) bond motifs is 3. The Morgan fingerprint density at radius 1 is 1.12 bits per heavy atom. The van der Waals surface area contributed by atoms with E-state index in [2.05, 4.69) is 5.32 Å². The van der Waals surface area contributed by atoms with Crippen LogP contribution in [-0.2, 0) is 23.9 Å². The van der Waals surface area contributed by atoms with Crippen LogP contribution >= 0.6 is 11.6 Å². The lowest BCUT2D eigenvalue weighted by Gasteiger charge is -2.45. The SMILES string of the molecule is COC(=O)C[C@@]12C(=O)NCCN1[C@@H](c1ccccc1)[C@H]1C(=O)N(c3cccc(Cl)c3)C(=O)[C@H]12. The summed E-state index contributed by atoms with van der Waals surface area (Å²) in [6.45, 7) is 0.748. The third kappa shape index (κ3) is 3.08. The standard InChI is InChI=1S/C24H22ClN3O5/c1-33-17(29)13-24-19-18(21(30)28(22(19)31)16-9-5-8-15(25)12-16)20(14-6-3-2-4-7-14)27(24)11-10-26-23(24)32/h2-9,12,18-20H,10-11,13H2,1H3,(H,26,32)/t18-,19-,20-,24+/m0/s1. The van der Waals surface area contributed by atoms with E-state index in [-0.39, 0.29) is 6.42 Å².